The molecule has 0 unspecified atom stereocenters. The van der Waals surface area contributed by atoms with Crippen molar-refractivity contribution in [2.45, 2.75) is 20.8 Å². The van der Waals surface area contributed by atoms with Gasteiger partial charge in [0.15, 0.2) is 5.82 Å². The van der Waals surface area contributed by atoms with Gasteiger partial charge >= 0.3 is 0 Å². The molecule has 4 aromatic rings. The van der Waals surface area contributed by atoms with E-state index in [4.69, 9.17) is 23.2 Å². The van der Waals surface area contributed by atoms with E-state index in [-0.39, 0.29) is 11.7 Å². The van der Waals surface area contributed by atoms with E-state index in [0.717, 1.165) is 27.9 Å². The van der Waals surface area contributed by atoms with Crippen molar-refractivity contribution in [2.24, 2.45) is 0 Å². The Bertz CT molecular complexity index is 1300. The molecule has 0 aliphatic heterocycles. The van der Waals surface area contributed by atoms with Gasteiger partial charge in [0.25, 0.3) is 5.91 Å². The minimum absolute atomic E-state index is 0.0579. The number of nitrogens with one attached hydrogen (secondary N) is 1. The molecule has 3 aromatic carbocycles. The maximum absolute atomic E-state index is 13.0. The molecule has 7 heteroatoms. The largest absolute Gasteiger partial charge is 0.319 e. The van der Waals surface area contributed by atoms with Gasteiger partial charge in [0.1, 0.15) is 0 Å². The third-order valence-corrected chi connectivity index (χ3v) is 5.60. The summed E-state index contributed by atoms with van der Waals surface area (Å²) in [6.45, 7) is 5.95. The molecule has 1 amide bonds. The van der Waals surface area contributed by atoms with Gasteiger partial charge in [-0.2, -0.15) is 0 Å². The monoisotopic (exact) mass is 450 g/mol. The first-order chi connectivity index (χ1) is 14.8. The van der Waals surface area contributed by atoms with Crippen molar-refractivity contribution in [3.63, 3.8) is 0 Å². The van der Waals surface area contributed by atoms with E-state index in [1.165, 1.54) is 0 Å². The highest BCUT2D eigenvalue weighted by Gasteiger charge is 2.20. The summed E-state index contributed by atoms with van der Waals surface area (Å²) in [7, 11) is 0. The van der Waals surface area contributed by atoms with Crippen LogP contribution in [0.25, 0.3) is 17.1 Å². The molecule has 0 atom stereocenters. The quantitative estimate of drug-likeness (QED) is 0.390. The molecule has 0 fully saturated rings. The summed E-state index contributed by atoms with van der Waals surface area (Å²) in [6.07, 6.45) is 0. The zero-order chi connectivity index (χ0) is 22.1. The van der Waals surface area contributed by atoms with E-state index in [9.17, 15) is 4.79 Å². The number of aryl methyl sites for hydroxylation is 3. The fourth-order valence-corrected chi connectivity index (χ4v) is 3.60. The number of hydrogen-bond donors (Lipinski definition) is 1. The predicted molar refractivity (Wildman–Crippen MR) is 125 cm³/mol. The van der Waals surface area contributed by atoms with Crippen LogP contribution in [0.3, 0.4) is 0 Å². The van der Waals surface area contributed by atoms with Crippen molar-refractivity contribution in [2.75, 3.05) is 5.32 Å². The summed E-state index contributed by atoms with van der Waals surface area (Å²) >= 11 is 12.3. The van der Waals surface area contributed by atoms with Crippen molar-refractivity contribution in [3.8, 4) is 17.1 Å². The smallest absolute Gasteiger partial charge is 0.295 e. The second kappa shape index (κ2) is 8.53. The molecule has 1 N–H and O–H groups in total. The van der Waals surface area contributed by atoms with Crippen LogP contribution in [0, 0.1) is 20.8 Å². The number of halogens is 2. The average molecular weight is 451 g/mol. The lowest BCUT2D eigenvalue weighted by atomic mass is 10.1. The van der Waals surface area contributed by atoms with Gasteiger partial charge in [-0.1, -0.05) is 64.7 Å². The number of amides is 1. The second-order valence-electron chi connectivity index (χ2n) is 7.41. The van der Waals surface area contributed by atoms with Crippen LogP contribution in [0.1, 0.15) is 27.3 Å². The van der Waals surface area contributed by atoms with Crippen LogP contribution in [0.15, 0.2) is 60.7 Å². The van der Waals surface area contributed by atoms with Gasteiger partial charge in [0, 0.05) is 11.3 Å². The maximum Gasteiger partial charge on any atom is 0.295 e. The van der Waals surface area contributed by atoms with Crippen molar-refractivity contribution >= 4 is 34.8 Å². The third kappa shape index (κ3) is 4.48. The Morgan fingerprint density at radius 1 is 0.903 bits per heavy atom. The molecule has 0 saturated carbocycles. The normalized spacial score (nSPS) is 10.9. The molecule has 4 rings (SSSR count). The highest BCUT2D eigenvalue weighted by molar-refractivity contribution is 6.42. The van der Waals surface area contributed by atoms with E-state index in [1.54, 1.807) is 22.9 Å². The summed E-state index contributed by atoms with van der Waals surface area (Å²) in [5, 5.41) is 8.23. The van der Waals surface area contributed by atoms with Gasteiger partial charge in [-0.25, -0.2) is 9.67 Å². The zero-order valence-electron chi connectivity index (χ0n) is 17.3. The Balaban J connectivity index is 1.78. The van der Waals surface area contributed by atoms with Gasteiger partial charge < -0.3 is 5.32 Å². The number of nitrogens with zero attached hydrogens (tertiary/aromatic N) is 3. The number of carbonyl (C=O) groups is 1. The molecule has 5 nitrogen and oxygen atoms in total. The van der Waals surface area contributed by atoms with Crippen LogP contribution < -0.4 is 5.32 Å². The van der Waals surface area contributed by atoms with Crippen LogP contribution in [-0.4, -0.2) is 20.7 Å². The molecule has 0 bridgehead atoms. The minimum Gasteiger partial charge on any atom is -0.319 e. The zero-order valence-corrected chi connectivity index (χ0v) is 18.8. The molecule has 0 radical (unpaired) electrons. The number of benzene rings is 3. The van der Waals surface area contributed by atoms with Crippen LogP contribution >= 0.6 is 23.2 Å². The van der Waals surface area contributed by atoms with Crippen LogP contribution in [0.4, 0.5) is 5.69 Å². The second-order valence-corrected chi connectivity index (χ2v) is 8.23. The Hall–Kier alpha value is -3.15. The number of hydrogen-bond acceptors (Lipinski definition) is 3. The van der Waals surface area contributed by atoms with Gasteiger partial charge in [-0.05, 0) is 56.7 Å². The predicted octanol–water partition coefficient (Wildman–Crippen LogP) is 6.42. The van der Waals surface area contributed by atoms with E-state index in [2.05, 4.69) is 15.4 Å². The summed E-state index contributed by atoms with van der Waals surface area (Å²) in [4.78, 5) is 17.5. The molecule has 0 saturated heterocycles. The summed E-state index contributed by atoms with van der Waals surface area (Å²) in [6, 6.07) is 18.9. The van der Waals surface area contributed by atoms with E-state index >= 15 is 0 Å². The lowest BCUT2D eigenvalue weighted by Crippen LogP contribution is -2.15. The number of rotatable bonds is 4. The fraction of sp³-hybridized carbons (Fsp3) is 0.125. The molecule has 0 aliphatic carbocycles. The summed E-state index contributed by atoms with van der Waals surface area (Å²) in [5.74, 6) is 0.204. The van der Waals surface area contributed by atoms with Crippen molar-refractivity contribution < 1.29 is 4.79 Å². The van der Waals surface area contributed by atoms with Crippen LogP contribution in [-0.2, 0) is 0 Å². The molecule has 31 heavy (non-hydrogen) atoms. The number of anilines is 1. The number of carbonyl (C=O) groups excluding carboxylic acids is 1. The van der Waals surface area contributed by atoms with Gasteiger partial charge in [0.05, 0.1) is 15.7 Å². The first kappa shape index (κ1) is 21.1. The summed E-state index contributed by atoms with van der Waals surface area (Å²) < 4.78 is 1.61. The van der Waals surface area contributed by atoms with Gasteiger partial charge in [-0.15, -0.1) is 5.10 Å². The van der Waals surface area contributed by atoms with E-state index < -0.39 is 0 Å². The highest BCUT2D eigenvalue weighted by atomic mass is 35.5. The Labute approximate surface area is 190 Å². The van der Waals surface area contributed by atoms with Crippen LogP contribution in [0.5, 0.6) is 0 Å². The van der Waals surface area contributed by atoms with Crippen molar-refractivity contribution in [1.29, 1.82) is 0 Å². The van der Waals surface area contributed by atoms with Crippen LogP contribution in [0.2, 0.25) is 10.0 Å². The molecule has 156 valence electrons. The lowest BCUT2D eigenvalue weighted by molar-refractivity contribution is 0.101. The first-order valence-corrected chi connectivity index (χ1v) is 10.5. The lowest BCUT2D eigenvalue weighted by Gasteiger charge is -2.08. The molecule has 1 aromatic heterocycles. The highest BCUT2D eigenvalue weighted by Crippen LogP contribution is 2.28. The molecule has 0 spiro atoms. The van der Waals surface area contributed by atoms with Gasteiger partial charge in [0.2, 0.25) is 5.82 Å². The average Bonchev–Trinajstić information content (AvgIpc) is 3.18. The van der Waals surface area contributed by atoms with Crippen molar-refractivity contribution in [3.05, 3.63) is 93.2 Å². The maximum atomic E-state index is 13.0. The SMILES string of the molecule is Cc1cccc(-c2nc(C(=O)Nc3ccc(C)cc3C)nn2-c2ccc(Cl)c(Cl)c2)c1. The molecule has 1 heterocycles. The minimum atomic E-state index is -0.389. The standard InChI is InChI=1S/C24H20Cl2N4O/c1-14-5-4-6-17(12-14)23-28-22(24(31)27-21-10-7-15(2)11-16(21)3)29-30(23)18-8-9-19(25)20(26)13-18/h4-13H,1-3H3,(H,27,31). The molecule has 0 aliphatic rings. The summed E-state index contributed by atoms with van der Waals surface area (Å²) in [5.41, 5.74) is 5.38. The third-order valence-electron chi connectivity index (χ3n) is 4.86. The molecular weight excluding hydrogens is 431 g/mol. The number of aromatic nitrogens is 3. The van der Waals surface area contributed by atoms with Gasteiger partial charge in [-0.3, -0.25) is 4.79 Å². The van der Waals surface area contributed by atoms with Crippen molar-refractivity contribution in [1.82, 2.24) is 14.8 Å². The Morgan fingerprint density at radius 2 is 1.68 bits per heavy atom. The topological polar surface area (TPSA) is 59.8 Å². The Kier molecular flexibility index (Phi) is 5.81. The first-order valence-electron chi connectivity index (χ1n) is 9.70. The Morgan fingerprint density at radius 3 is 2.39 bits per heavy atom. The van der Waals surface area contributed by atoms with E-state index in [1.807, 2.05) is 63.2 Å². The molecular formula is C24H20Cl2N4O. The van der Waals surface area contributed by atoms with E-state index in [0.29, 0.717) is 21.6 Å². The fourth-order valence-electron chi connectivity index (χ4n) is 3.31.